The molecule has 0 unspecified atom stereocenters. The number of rotatable bonds is 6. The molecule has 110 valence electrons. The Morgan fingerprint density at radius 1 is 1.26 bits per heavy atom. The molecule has 0 bridgehead atoms. The smallest absolute Gasteiger partial charge is 0.305 e. The Morgan fingerprint density at radius 3 is 2.32 bits per heavy atom. The molecule has 0 aromatic heterocycles. The van der Waals surface area contributed by atoms with E-state index < -0.39 is 5.97 Å². The van der Waals surface area contributed by atoms with Crippen LogP contribution in [0.2, 0.25) is 0 Å². The first-order valence-corrected chi connectivity index (χ1v) is 7.06. The Kier molecular flexibility index (Phi) is 5.79. The number of carbonyl (C=O) groups is 2. The largest absolute Gasteiger partial charge is 0.481 e. The molecule has 1 aliphatic carbocycles. The van der Waals surface area contributed by atoms with Crippen LogP contribution in [0.1, 0.15) is 52.9 Å². The number of carboxylic acids is 1. The molecule has 1 rings (SSSR count). The van der Waals surface area contributed by atoms with E-state index in [1.165, 1.54) is 12.8 Å². The molecule has 1 aliphatic rings. The van der Waals surface area contributed by atoms with E-state index in [0.717, 1.165) is 12.8 Å². The van der Waals surface area contributed by atoms with Crippen LogP contribution in [0, 0.1) is 0 Å². The molecule has 0 saturated heterocycles. The predicted octanol–water partition coefficient (Wildman–Crippen LogP) is 1.62. The average molecular weight is 270 g/mol. The highest BCUT2D eigenvalue weighted by molar-refractivity contribution is 5.79. The van der Waals surface area contributed by atoms with Gasteiger partial charge in [0, 0.05) is 18.1 Å². The minimum atomic E-state index is -0.870. The zero-order valence-corrected chi connectivity index (χ0v) is 12.2. The molecular formula is C14H26N2O3. The lowest BCUT2D eigenvalue weighted by Crippen LogP contribution is -2.50. The summed E-state index contributed by atoms with van der Waals surface area (Å²) in [7, 11) is 0. The molecule has 2 N–H and O–H groups in total. The Bertz CT molecular complexity index is 317. The van der Waals surface area contributed by atoms with Crippen molar-refractivity contribution in [2.75, 3.05) is 13.1 Å². The molecule has 0 aromatic carbocycles. The third-order valence-electron chi connectivity index (χ3n) is 3.56. The van der Waals surface area contributed by atoms with Gasteiger partial charge in [0.15, 0.2) is 0 Å². The van der Waals surface area contributed by atoms with Gasteiger partial charge in [-0.05, 0) is 33.6 Å². The molecule has 5 heteroatoms. The van der Waals surface area contributed by atoms with Crippen LogP contribution in [0.25, 0.3) is 0 Å². The number of nitrogens with one attached hydrogen (secondary N) is 1. The number of amides is 1. The summed E-state index contributed by atoms with van der Waals surface area (Å²) in [5.74, 6) is -0.883. The first-order chi connectivity index (χ1) is 8.80. The second-order valence-corrected chi connectivity index (χ2v) is 6.22. The maximum atomic E-state index is 12.2. The Morgan fingerprint density at radius 2 is 1.84 bits per heavy atom. The van der Waals surface area contributed by atoms with Gasteiger partial charge >= 0.3 is 5.97 Å². The SMILES string of the molecule is CC(C)(C)N(CCC(=O)O)C(=O)CNC1CCCC1. The van der Waals surface area contributed by atoms with Gasteiger partial charge < -0.3 is 15.3 Å². The molecule has 0 aliphatic heterocycles. The summed E-state index contributed by atoms with van der Waals surface area (Å²) in [5, 5.41) is 12.0. The zero-order chi connectivity index (χ0) is 14.5. The number of carboxylic acid groups (broad SMARTS) is 1. The number of hydrogen-bond donors (Lipinski definition) is 2. The number of hydrogen-bond acceptors (Lipinski definition) is 3. The van der Waals surface area contributed by atoms with Gasteiger partial charge in [-0.25, -0.2) is 0 Å². The molecule has 0 aromatic rings. The lowest BCUT2D eigenvalue weighted by molar-refractivity contribution is -0.140. The average Bonchev–Trinajstić information content (AvgIpc) is 2.76. The second kappa shape index (κ2) is 6.89. The molecule has 5 nitrogen and oxygen atoms in total. The minimum Gasteiger partial charge on any atom is -0.481 e. The Hall–Kier alpha value is -1.10. The summed E-state index contributed by atoms with van der Waals surface area (Å²) in [6.45, 7) is 6.37. The quantitative estimate of drug-likeness (QED) is 0.769. The van der Waals surface area contributed by atoms with E-state index in [4.69, 9.17) is 5.11 Å². The van der Waals surface area contributed by atoms with Crippen LogP contribution in [-0.4, -0.2) is 46.6 Å². The fourth-order valence-electron chi connectivity index (χ4n) is 2.50. The van der Waals surface area contributed by atoms with E-state index in [1.807, 2.05) is 20.8 Å². The summed E-state index contributed by atoms with van der Waals surface area (Å²) in [6.07, 6.45) is 4.73. The standard InChI is InChI=1S/C14H26N2O3/c1-14(2,3)16(9-8-13(18)19)12(17)10-15-11-6-4-5-7-11/h11,15H,4-10H2,1-3H3,(H,18,19). The monoisotopic (exact) mass is 270 g/mol. The maximum Gasteiger partial charge on any atom is 0.305 e. The van der Waals surface area contributed by atoms with Crippen LogP contribution in [0.4, 0.5) is 0 Å². The van der Waals surface area contributed by atoms with Gasteiger partial charge in [-0.15, -0.1) is 0 Å². The van der Waals surface area contributed by atoms with Crippen LogP contribution >= 0.6 is 0 Å². The van der Waals surface area contributed by atoms with Gasteiger partial charge in [0.05, 0.1) is 13.0 Å². The predicted molar refractivity (Wildman–Crippen MR) is 74.0 cm³/mol. The molecule has 0 radical (unpaired) electrons. The molecule has 19 heavy (non-hydrogen) atoms. The van der Waals surface area contributed by atoms with E-state index >= 15 is 0 Å². The first kappa shape index (κ1) is 16.0. The van der Waals surface area contributed by atoms with Crippen molar-refractivity contribution in [2.45, 2.75) is 64.5 Å². The molecule has 0 atom stereocenters. The molecule has 1 saturated carbocycles. The highest BCUT2D eigenvalue weighted by atomic mass is 16.4. The van der Waals surface area contributed by atoms with E-state index in [0.29, 0.717) is 12.6 Å². The highest BCUT2D eigenvalue weighted by Crippen LogP contribution is 2.18. The van der Waals surface area contributed by atoms with E-state index in [-0.39, 0.29) is 24.4 Å². The maximum absolute atomic E-state index is 12.2. The van der Waals surface area contributed by atoms with Crippen LogP contribution in [0.15, 0.2) is 0 Å². The number of carbonyl (C=O) groups excluding carboxylic acids is 1. The van der Waals surface area contributed by atoms with Crippen molar-refractivity contribution in [2.24, 2.45) is 0 Å². The van der Waals surface area contributed by atoms with E-state index in [1.54, 1.807) is 4.90 Å². The molecule has 1 fully saturated rings. The minimum absolute atomic E-state index is 0.00750. The summed E-state index contributed by atoms with van der Waals surface area (Å²) >= 11 is 0. The topological polar surface area (TPSA) is 69.6 Å². The summed E-state index contributed by atoms with van der Waals surface area (Å²) < 4.78 is 0. The van der Waals surface area contributed by atoms with Gasteiger partial charge in [0.2, 0.25) is 5.91 Å². The summed E-state index contributed by atoms with van der Waals surface area (Å²) in [6, 6.07) is 0.449. The molecular weight excluding hydrogens is 244 g/mol. The summed E-state index contributed by atoms with van der Waals surface area (Å²) in [4.78, 5) is 24.6. The zero-order valence-electron chi connectivity index (χ0n) is 12.2. The number of nitrogens with zero attached hydrogens (tertiary/aromatic N) is 1. The lowest BCUT2D eigenvalue weighted by atomic mass is 10.1. The number of aliphatic carboxylic acids is 1. The fraction of sp³-hybridized carbons (Fsp3) is 0.857. The van der Waals surface area contributed by atoms with Crippen molar-refractivity contribution in [1.82, 2.24) is 10.2 Å². The van der Waals surface area contributed by atoms with Crippen LogP contribution in [-0.2, 0) is 9.59 Å². The lowest BCUT2D eigenvalue weighted by Gasteiger charge is -2.36. The second-order valence-electron chi connectivity index (χ2n) is 6.22. The van der Waals surface area contributed by atoms with Crippen molar-refractivity contribution in [3.8, 4) is 0 Å². The summed E-state index contributed by atoms with van der Waals surface area (Å²) in [5.41, 5.74) is -0.343. The Balaban J connectivity index is 2.48. The van der Waals surface area contributed by atoms with Crippen molar-refractivity contribution < 1.29 is 14.7 Å². The van der Waals surface area contributed by atoms with Crippen molar-refractivity contribution in [3.63, 3.8) is 0 Å². The molecule has 0 heterocycles. The van der Waals surface area contributed by atoms with Crippen molar-refractivity contribution in [3.05, 3.63) is 0 Å². The van der Waals surface area contributed by atoms with Gasteiger partial charge in [-0.3, -0.25) is 9.59 Å². The van der Waals surface area contributed by atoms with Crippen LogP contribution in [0.5, 0.6) is 0 Å². The third-order valence-corrected chi connectivity index (χ3v) is 3.56. The van der Waals surface area contributed by atoms with Gasteiger partial charge in [0.25, 0.3) is 0 Å². The van der Waals surface area contributed by atoms with Gasteiger partial charge in [-0.1, -0.05) is 12.8 Å². The first-order valence-electron chi connectivity index (χ1n) is 7.06. The third kappa shape index (κ3) is 5.59. The van der Waals surface area contributed by atoms with E-state index in [9.17, 15) is 9.59 Å². The normalized spacial score (nSPS) is 16.6. The van der Waals surface area contributed by atoms with Crippen LogP contribution < -0.4 is 5.32 Å². The van der Waals surface area contributed by atoms with Gasteiger partial charge in [-0.2, -0.15) is 0 Å². The van der Waals surface area contributed by atoms with E-state index in [2.05, 4.69) is 5.32 Å². The fourth-order valence-corrected chi connectivity index (χ4v) is 2.50. The molecule has 1 amide bonds. The van der Waals surface area contributed by atoms with Crippen molar-refractivity contribution in [1.29, 1.82) is 0 Å². The highest BCUT2D eigenvalue weighted by Gasteiger charge is 2.27. The van der Waals surface area contributed by atoms with Crippen LogP contribution in [0.3, 0.4) is 0 Å². The van der Waals surface area contributed by atoms with Gasteiger partial charge in [0.1, 0.15) is 0 Å². The Labute approximate surface area is 115 Å². The molecule has 0 spiro atoms. The van der Waals surface area contributed by atoms with Crippen molar-refractivity contribution >= 4 is 11.9 Å².